The van der Waals surface area contributed by atoms with E-state index in [1.807, 2.05) is 41.1 Å². The van der Waals surface area contributed by atoms with Gasteiger partial charge in [-0.1, -0.05) is 6.07 Å². The molecule has 0 bridgehead atoms. The van der Waals surface area contributed by atoms with E-state index < -0.39 is 0 Å². The Morgan fingerprint density at radius 1 is 1.20 bits per heavy atom. The first-order valence-corrected chi connectivity index (χ1v) is 7.64. The fourth-order valence-electron chi connectivity index (χ4n) is 1.71. The zero-order valence-electron chi connectivity index (χ0n) is 10.4. The fraction of sp³-hybridized carbons (Fsp3) is 0. The molecule has 3 aromatic heterocycles. The molecule has 0 aromatic carbocycles. The van der Waals surface area contributed by atoms with Crippen LogP contribution in [0.2, 0.25) is 0 Å². The van der Waals surface area contributed by atoms with Crippen LogP contribution in [0.15, 0.2) is 47.4 Å². The number of nitrogens with zero attached hydrogens (tertiary/aromatic N) is 3. The third kappa shape index (κ3) is 2.67. The number of thiazole rings is 1. The lowest BCUT2D eigenvalue weighted by Gasteiger charge is -1.94. The summed E-state index contributed by atoms with van der Waals surface area (Å²) < 4.78 is 0. The molecule has 3 aromatic rings. The first-order chi connectivity index (χ1) is 9.86. The number of aromatic nitrogens is 2. The van der Waals surface area contributed by atoms with Gasteiger partial charge in [0.1, 0.15) is 11.1 Å². The van der Waals surface area contributed by atoms with Gasteiger partial charge >= 0.3 is 0 Å². The van der Waals surface area contributed by atoms with Gasteiger partial charge in [-0.25, -0.2) is 4.98 Å². The van der Waals surface area contributed by atoms with Crippen LogP contribution < -0.4 is 0 Å². The standard InChI is InChI=1S/C15H9N3S2/c16-9-12(8-13-2-1-7-19-13)15-18-14(10-20-15)11-3-5-17-6-4-11/h1-8,10H/b12-8+. The molecule has 0 saturated carbocycles. The Kier molecular flexibility index (Phi) is 3.68. The van der Waals surface area contributed by atoms with Crippen LogP contribution in [-0.2, 0) is 0 Å². The zero-order chi connectivity index (χ0) is 13.8. The SMILES string of the molecule is N#C/C(=C\c1cccs1)c1nc(-c2ccncc2)cs1. The number of rotatable bonds is 3. The smallest absolute Gasteiger partial charge is 0.134 e. The van der Waals surface area contributed by atoms with Gasteiger partial charge in [0.15, 0.2) is 0 Å². The largest absolute Gasteiger partial charge is 0.265 e. The first-order valence-electron chi connectivity index (χ1n) is 5.88. The lowest BCUT2D eigenvalue weighted by molar-refractivity contribution is 1.31. The van der Waals surface area contributed by atoms with Gasteiger partial charge < -0.3 is 0 Å². The van der Waals surface area contributed by atoms with Crippen molar-refractivity contribution >= 4 is 34.3 Å². The van der Waals surface area contributed by atoms with Crippen molar-refractivity contribution in [1.29, 1.82) is 5.26 Å². The highest BCUT2D eigenvalue weighted by atomic mass is 32.1. The molecule has 0 atom stereocenters. The molecule has 0 radical (unpaired) electrons. The minimum Gasteiger partial charge on any atom is -0.265 e. The maximum Gasteiger partial charge on any atom is 0.134 e. The third-order valence-electron chi connectivity index (χ3n) is 2.66. The third-order valence-corrected chi connectivity index (χ3v) is 4.36. The van der Waals surface area contributed by atoms with Crippen molar-refractivity contribution in [3.8, 4) is 17.3 Å². The quantitative estimate of drug-likeness (QED) is 0.676. The summed E-state index contributed by atoms with van der Waals surface area (Å²) in [5.74, 6) is 0. The Balaban J connectivity index is 1.95. The van der Waals surface area contributed by atoms with Crippen molar-refractivity contribution in [3.63, 3.8) is 0 Å². The molecule has 3 rings (SSSR count). The van der Waals surface area contributed by atoms with Gasteiger partial charge in [-0.3, -0.25) is 4.98 Å². The molecule has 20 heavy (non-hydrogen) atoms. The van der Waals surface area contributed by atoms with Crippen molar-refractivity contribution in [1.82, 2.24) is 9.97 Å². The van der Waals surface area contributed by atoms with E-state index in [-0.39, 0.29) is 0 Å². The second kappa shape index (κ2) is 5.78. The molecule has 0 aliphatic heterocycles. The van der Waals surface area contributed by atoms with Gasteiger partial charge in [-0.05, 0) is 29.7 Å². The minimum absolute atomic E-state index is 0.595. The summed E-state index contributed by atoms with van der Waals surface area (Å²) in [6.07, 6.45) is 5.35. The molecule has 0 aliphatic rings. The second-order valence-corrected chi connectivity index (χ2v) is 5.80. The van der Waals surface area contributed by atoms with Crippen molar-refractivity contribution in [2.45, 2.75) is 0 Å². The van der Waals surface area contributed by atoms with E-state index in [2.05, 4.69) is 16.0 Å². The Morgan fingerprint density at radius 2 is 2.05 bits per heavy atom. The van der Waals surface area contributed by atoms with E-state index in [1.54, 1.807) is 23.7 Å². The number of allylic oxidation sites excluding steroid dienone is 1. The molecule has 0 saturated heterocycles. The van der Waals surface area contributed by atoms with Gasteiger partial charge in [-0.15, -0.1) is 22.7 Å². The maximum absolute atomic E-state index is 9.30. The van der Waals surface area contributed by atoms with Crippen LogP contribution in [0.25, 0.3) is 22.9 Å². The van der Waals surface area contributed by atoms with E-state index in [0.29, 0.717) is 5.57 Å². The van der Waals surface area contributed by atoms with E-state index in [0.717, 1.165) is 21.1 Å². The molecule has 3 heterocycles. The van der Waals surface area contributed by atoms with E-state index in [9.17, 15) is 5.26 Å². The Labute approximate surface area is 124 Å². The molecule has 0 aliphatic carbocycles. The molecule has 0 amide bonds. The van der Waals surface area contributed by atoms with Crippen LogP contribution in [0.4, 0.5) is 0 Å². The van der Waals surface area contributed by atoms with Gasteiger partial charge in [0.05, 0.1) is 11.3 Å². The number of hydrogen-bond donors (Lipinski definition) is 0. The summed E-state index contributed by atoms with van der Waals surface area (Å²) >= 11 is 3.09. The topological polar surface area (TPSA) is 49.6 Å². The number of hydrogen-bond acceptors (Lipinski definition) is 5. The van der Waals surface area contributed by atoms with E-state index in [4.69, 9.17) is 0 Å². The van der Waals surface area contributed by atoms with Crippen LogP contribution in [0.3, 0.4) is 0 Å². The molecule has 96 valence electrons. The van der Waals surface area contributed by atoms with Gasteiger partial charge in [0.2, 0.25) is 0 Å². The second-order valence-electron chi connectivity index (χ2n) is 3.96. The summed E-state index contributed by atoms with van der Waals surface area (Å²) in [5.41, 5.74) is 2.48. The van der Waals surface area contributed by atoms with Crippen molar-refractivity contribution < 1.29 is 0 Å². The van der Waals surface area contributed by atoms with E-state index >= 15 is 0 Å². The van der Waals surface area contributed by atoms with E-state index in [1.165, 1.54) is 11.3 Å². The summed E-state index contributed by atoms with van der Waals surface area (Å²) in [6.45, 7) is 0. The van der Waals surface area contributed by atoms with Crippen molar-refractivity contribution in [2.24, 2.45) is 0 Å². The van der Waals surface area contributed by atoms with Gasteiger partial charge in [-0.2, -0.15) is 5.26 Å². The lowest BCUT2D eigenvalue weighted by atomic mass is 10.2. The van der Waals surface area contributed by atoms with Crippen LogP contribution in [0, 0.1) is 11.3 Å². The van der Waals surface area contributed by atoms with Crippen molar-refractivity contribution in [2.75, 3.05) is 0 Å². The molecule has 3 nitrogen and oxygen atoms in total. The summed E-state index contributed by atoms with van der Waals surface area (Å²) in [6, 6.07) is 10.00. The molecule has 0 unspecified atom stereocenters. The van der Waals surface area contributed by atoms with Gasteiger partial charge in [0.25, 0.3) is 0 Å². The molecular weight excluding hydrogens is 286 g/mol. The van der Waals surface area contributed by atoms with Crippen LogP contribution in [0.1, 0.15) is 9.88 Å². The Hall–Kier alpha value is -2.29. The van der Waals surface area contributed by atoms with Crippen LogP contribution in [0.5, 0.6) is 0 Å². The molecule has 5 heteroatoms. The average molecular weight is 295 g/mol. The molecule has 0 spiro atoms. The van der Waals surface area contributed by atoms with Crippen LogP contribution in [-0.4, -0.2) is 9.97 Å². The predicted octanol–water partition coefficient (Wildman–Crippen LogP) is 4.33. The summed E-state index contributed by atoms with van der Waals surface area (Å²) in [4.78, 5) is 9.59. The Morgan fingerprint density at radius 3 is 2.75 bits per heavy atom. The predicted molar refractivity (Wildman–Crippen MR) is 83.1 cm³/mol. The number of pyridine rings is 1. The number of nitriles is 1. The average Bonchev–Trinajstić information content (AvgIpc) is 3.17. The maximum atomic E-state index is 9.30. The number of thiophene rings is 1. The summed E-state index contributed by atoms with van der Waals surface area (Å²) in [7, 11) is 0. The lowest BCUT2D eigenvalue weighted by Crippen LogP contribution is -1.82. The monoisotopic (exact) mass is 295 g/mol. The minimum atomic E-state index is 0.595. The molecular formula is C15H9N3S2. The Bertz CT molecular complexity index is 765. The highest BCUT2D eigenvalue weighted by Gasteiger charge is 2.09. The van der Waals surface area contributed by atoms with Crippen molar-refractivity contribution in [3.05, 3.63) is 57.3 Å². The molecule has 0 fully saturated rings. The van der Waals surface area contributed by atoms with Gasteiger partial charge in [0, 0.05) is 28.2 Å². The summed E-state index contributed by atoms with van der Waals surface area (Å²) in [5, 5.41) is 14.0. The van der Waals surface area contributed by atoms with Crippen LogP contribution >= 0.6 is 22.7 Å². The fourth-order valence-corrected chi connectivity index (χ4v) is 3.16. The first kappa shape index (κ1) is 12.7. The zero-order valence-corrected chi connectivity index (χ0v) is 12.0. The highest BCUT2D eigenvalue weighted by Crippen LogP contribution is 2.27. The normalized spacial score (nSPS) is 11.2. The highest BCUT2D eigenvalue weighted by molar-refractivity contribution is 7.12. The molecule has 0 N–H and O–H groups in total.